The highest BCUT2D eigenvalue weighted by molar-refractivity contribution is 7.17. The van der Waals surface area contributed by atoms with Crippen LogP contribution in [-0.2, 0) is 14.3 Å². The molecule has 1 amide bonds. The number of carbonyl (C=O) groups is 2. The van der Waals surface area contributed by atoms with E-state index in [0.717, 1.165) is 6.42 Å². The third-order valence-electron chi connectivity index (χ3n) is 3.25. The standard InChI is InChI=1S/C14H18ClNO4S/c1-2-19-8-9-20-14(18)10-4-3-7-16(10)13(17)11-5-6-12(15)21-11/h5-6,10H,2-4,7-9H2,1H3/t10-/m0/s1. The van der Waals surface area contributed by atoms with Gasteiger partial charge in [0.05, 0.1) is 15.8 Å². The number of ether oxygens (including phenoxy) is 2. The summed E-state index contributed by atoms with van der Waals surface area (Å²) in [5.41, 5.74) is 0. The lowest BCUT2D eigenvalue weighted by molar-refractivity contribution is -0.149. The molecule has 0 unspecified atom stereocenters. The Morgan fingerprint density at radius 2 is 2.24 bits per heavy atom. The van der Waals surface area contributed by atoms with Crippen LogP contribution >= 0.6 is 22.9 Å². The summed E-state index contributed by atoms with van der Waals surface area (Å²) in [4.78, 5) is 26.6. The average molecular weight is 332 g/mol. The second-order valence-electron chi connectivity index (χ2n) is 4.62. The zero-order valence-corrected chi connectivity index (χ0v) is 13.4. The van der Waals surface area contributed by atoms with Gasteiger partial charge in [-0.2, -0.15) is 0 Å². The first-order chi connectivity index (χ1) is 10.1. The molecular formula is C14H18ClNO4S. The fraction of sp³-hybridized carbons (Fsp3) is 0.571. The molecule has 116 valence electrons. The molecule has 7 heteroatoms. The number of hydrogen-bond donors (Lipinski definition) is 0. The van der Waals surface area contributed by atoms with Gasteiger partial charge < -0.3 is 14.4 Å². The molecule has 0 spiro atoms. The molecule has 1 aliphatic heterocycles. The summed E-state index contributed by atoms with van der Waals surface area (Å²) >= 11 is 7.07. The van der Waals surface area contributed by atoms with Crippen LogP contribution < -0.4 is 0 Å². The molecule has 5 nitrogen and oxygen atoms in total. The molecule has 1 aromatic rings. The maximum absolute atomic E-state index is 12.4. The van der Waals surface area contributed by atoms with E-state index in [2.05, 4.69) is 0 Å². The number of likely N-dealkylation sites (tertiary alicyclic amines) is 1. The summed E-state index contributed by atoms with van der Waals surface area (Å²) in [6.07, 6.45) is 1.44. The third kappa shape index (κ3) is 4.18. The third-order valence-corrected chi connectivity index (χ3v) is 4.46. The molecule has 2 heterocycles. The lowest BCUT2D eigenvalue weighted by atomic mass is 10.2. The SMILES string of the molecule is CCOCCOC(=O)[C@@H]1CCCN1C(=O)c1ccc(Cl)s1. The molecule has 0 radical (unpaired) electrons. The minimum atomic E-state index is -0.500. The number of amides is 1. The summed E-state index contributed by atoms with van der Waals surface area (Å²) in [7, 11) is 0. The minimum Gasteiger partial charge on any atom is -0.462 e. The Labute approximate surface area is 132 Å². The number of hydrogen-bond acceptors (Lipinski definition) is 5. The Bertz CT molecular complexity index is 505. The van der Waals surface area contributed by atoms with Crippen molar-refractivity contribution in [3.05, 3.63) is 21.3 Å². The molecule has 0 aromatic carbocycles. The highest BCUT2D eigenvalue weighted by Crippen LogP contribution is 2.26. The van der Waals surface area contributed by atoms with Crippen molar-refractivity contribution < 1.29 is 19.1 Å². The Morgan fingerprint density at radius 3 is 2.90 bits per heavy atom. The molecule has 0 aliphatic carbocycles. The van der Waals surface area contributed by atoms with Gasteiger partial charge in [-0.3, -0.25) is 4.79 Å². The smallest absolute Gasteiger partial charge is 0.328 e. The second-order valence-corrected chi connectivity index (χ2v) is 6.34. The van der Waals surface area contributed by atoms with E-state index in [1.807, 2.05) is 6.92 Å². The second kappa shape index (κ2) is 7.77. The average Bonchev–Trinajstić information content (AvgIpc) is 3.11. The largest absolute Gasteiger partial charge is 0.462 e. The Kier molecular flexibility index (Phi) is 6.02. The molecule has 21 heavy (non-hydrogen) atoms. The van der Waals surface area contributed by atoms with E-state index in [9.17, 15) is 9.59 Å². The van der Waals surface area contributed by atoms with Crippen LogP contribution in [0.2, 0.25) is 4.34 Å². The summed E-state index contributed by atoms with van der Waals surface area (Å²) in [5.74, 6) is -0.514. The number of halogens is 1. The first-order valence-electron chi connectivity index (χ1n) is 6.94. The highest BCUT2D eigenvalue weighted by atomic mass is 35.5. The van der Waals surface area contributed by atoms with E-state index in [4.69, 9.17) is 21.1 Å². The molecule has 1 fully saturated rings. The Hall–Kier alpha value is -1.11. The van der Waals surface area contributed by atoms with E-state index in [-0.39, 0.29) is 18.5 Å². The summed E-state index contributed by atoms with van der Waals surface area (Å²) in [6.45, 7) is 3.63. The van der Waals surface area contributed by atoms with Gasteiger partial charge in [-0.1, -0.05) is 11.6 Å². The Balaban J connectivity index is 1.93. The minimum absolute atomic E-state index is 0.156. The van der Waals surface area contributed by atoms with E-state index in [0.29, 0.717) is 35.4 Å². The van der Waals surface area contributed by atoms with Crippen molar-refractivity contribution in [2.24, 2.45) is 0 Å². The first kappa shape index (κ1) is 16.3. The van der Waals surface area contributed by atoms with Gasteiger partial charge in [0.2, 0.25) is 0 Å². The maximum atomic E-state index is 12.4. The zero-order chi connectivity index (χ0) is 15.2. The molecule has 1 aliphatic rings. The van der Waals surface area contributed by atoms with Gasteiger partial charge in [0, 0.05) is 13.2 Å². The molecule has 2 rings (SSSR count). The highest BCUT2D eigenvalue weighted by Gasteiger charge is 2.36. The normalized spacial score (nSPS) is 18.0. The van der Waals surface area contributed by atoms with Crippen LogP contribution in [0.4, 0.5) is 0 Å². The van der Waals surface area contributed by atoms with Gasteiger partial charge >= 0.3 is 5.97 Å². The van der Waals surface area contributed by atoms with Crippen LogP contribution in [0.25, 0.3) is 0 Å². The van der Waals surface area contributed by atoms with Crippen LogP contribution in [-0.4, -0.2) is 49.2 Å². The van der Waals surface area contributed by atoms with Crippen LogP contribution in [0.5, 0.6) is 0 Å². The topological polar surface area (TPSA) is 55.8 Å². The van der Waals surface area contributed by atoms with Crippen molar-refractivity contribution in [2.45, 2.75) is 25.8 Å². The summed E-state index contributed by atoms with van der Waals surface area (Å²) in [6, 6.07) is 2.87. The summed E-state index contributed by atoms with van der Waals surface area (Å²) < 4.78 is 10.9. The zero-order valence-electron chi connectivity index (χ0n) is 11.8. The van der Waals surface area contributed by atoms with Crippen molar-refractivity contribution in [2.75, 3.05) is 26.4 Å². The lowest BCUT2D eigenvalue weighted by Crippen LogP contribution is -2.41. The molecule has 0 saturated carbocycles. The molecular weight excluding hydrogens is 314 g/mol. The monoisotopic (exact) mass is 331 g/mol. The van der Waals surface area contributed by atoms with E-state index in [1.165, 1.54) is 11.3 Å². The number of esters is 1. The van der Waals surface area contributed by atoms with Gasteiger partial charge in [-0.25, -0.2) is 4.79 Å². The molecule has 0 bridgehead atoms. The molecule has 0 N–H and O–H groups in total. The van der Waals surface area contributed by atoms with Crippen molar-refractivity contribution in [1.29, 1.82) is 0 Å². The van der Waals surface area contributed by atoms with Gasteiger partial charge in [-0.05, 0) is 31.9 Å². The van der Waals surface area contributed by atoms with E-state index < -0.39 is 6.04 Å². The number of nitrogens with zero attached hydrogens (tertiary/aromatic N) is 1. The Morgan fingerprint density at radius 1 is 1.43 bits per heavy atom. The van der Waals surface area contributed by atoms with E-state index in [1.54, 1.807) is 17.0 Å². The van der Waals surface area contributed by atoms with Crippen molar-refractivity contribution >= 4 is 34.8 Å². The first-order valence-corrected chi connectivity index (χ1v) is 8.13. The molecule has 1 aromatic heterocycles. The fourth-order valence-electron chi connectivity index (χ4n) is 2.27. The fourth-order valence-corrected chi connectivity index (χ4v) is 3.27. The van der Waals surface area contributed by atoms with Crippen molar-refractivity contribution in [3.8, 4) is 0 Å². The number of carbonyl (C=O) groups excluding carboxylic acids is 2. The number of rotatable bonds is 6. The van der Waals surface area contributed by atoms with Crippen LogP contribution in [0, 0.1) is 0 Å². The van der Waals surface area contributed by atoms with Crippen molar-refractivity contribution in [3.63, 3.8) is 0 Å². The maximum Gasteiger partial charge on any atom is 0.328 e. The van der Waals surface area contributed by atoms with Crippen LogP contribution in [0.15, 0.2) is 12.1 Å². The van der Waals surface area contributed by atoms with Gasteiger partial charge in [0.15, 0.2) is 0 Å². The predicted octanol–water partition coefficient (Wildman–Crippen LogP) is 2.59. The van der Waals surface area contributed by atoms with Gasteiger partial charge in [-0.15, -0.1) is 11.3 Å². The summed E-state index contributed by atoms with van der Waals surface area (Å²) in [5, 5.41) is 0. The predicted molar refractivity (Wildman–Crippen MR) is 80.8 cm³/mol. The van der Waals surface area contributed by atoms with Gasteiger partial charge in [0.1, 0.15) is 12.6 Å². The lowest BCUT2D eigenvalue weighted by Gasteiger charge is -2.22. The molecule has 1 saturated heterocycles. The van der Waals surface area contributed by atoms with Crippen molar-refractivity contribution in [1.82, 2.24) is 4.90 Å². The quantitative estimate of drug-likeness (QED) is 0.594. The van der Waals surface area contributed by atoms with Crippen LogP contribution in [0.1, 0.15) is 29.4 Å². The number of thiophene rings is 1. The molecule has 1 atom stereocenters. The van der Waals surface area contributed by atoms with Gasteiger partial charge in [0.25, 0.3) is 5.91 Å². The van der Waals surface area contributed by atoms with Crippen LogP contribution in [0.3, 0.4) is 0 Å². The van der Waals surface area contributed by atoms with E-state index >= 15 is 0 Å².